The number of nitrogens with one attached hydrogen (secondary N) is 1. The maximum Gasteiger partial charge on any atom is 0.311 e. The first-order valence-electron chi connectivity index (χ1n) is 5.66. The van der Waals surface area contributed by atoms with E-state index in [4.69, 9.17) is 33.0 Å². The number of rotatable bonds is 3. The number of aliphatic carboxylic acids is 1. The molecular formula is C12H10Cl2INO4. The Bertz CT molecular complexity index is 567. The van der Waals surface area contributed by atoms with Crippen LogP contribution in [-0.2, 0) is 9.53 Å². The van der Waals surface area contributed by atoms with Crippen molar-refractivity contribution in [3.05, 3.63) is 31.3 Å². The van der Waals surface area contributed by atoms with E-state index in [1.165, 1.54) is 6.07 Å². The number of amides is 1. The van der Waals surface area contributed by atoms with Gasteiger partial charge >= 0.3 is 5.97 Å². The molecule has 1 saturated heterocycles. The van der Waals surface area contributed by atoms with Crippen LogP contribution in [0.5, 0.6) is 0 Å². The lowest BCUT2D eigenvalue weighted by Crippen LogP contribution is -2.42. The van der Waals surface area contributed by atoms with Crippen molar-refractivity contribution in [2.45, 2.75) is 6.04 Å². The highest BCUT2D eigenvalue weighted by atomic mass is 127. The van der Waals surface area contributed by atoms with Crippen LogP contribution in [-0.4, -0.2) is 36.2 Å². The Morgan fingerprint density at radius 2 is 2.05 bits per heavy atom. The largest absolute Gasteiger partial charge is 0.481 e. The van der Waals surface area contributed by atoms with Gasteiger partial charge in [-0.3, -0.25) is 9.59 Å². The van der Waals surface area contributed by atoms with Crippen molar-refractivity contribution in [1.29, 1.82) is 0 Å². The number of ether oxygens (including phenoxy) is 1. The van der Waals surface area contributed by atoms with Crippen molar-refractivity contribution < 1.29 is 19.4 Å². The van der Waals surface area contributed by atoms with Crippen LogP contribution in [0.4, 0.5) is 0 Å². The van der Waals surface area contributed by atoms with E-state index in [1.54, 1.807) is 6.07 Å². The molecule has 1 aliphatic rings. The summed E-state index contributed by atoms with van der Waals surface area (Å²) in [6.07, 6.45) is 0. The second-order valence-corrected chi connectivity index (χ2v) is 6.23. The lowest BCUT2D eigenvalue weighted by molar-refractivity contribution is -0.142. The molecule has 0 bridgehead atoms. The highest BCUT2D eigenvalue weighted by Crippen LogP contribution is 2.27. The molecule has 0 saturated carbocycles. The summed E-state index contributed by atoms with van der Waals surface area (Å²) in [5, 5.41) is 12.4. The number of benzene rings is 1. The van der Waals surface area contributed by atoms with Crippen molar-refractivity contribution in [2.75, 3.05) is 13.2 Å². The van der Waals surface area contributed by atoms with E-state index in [0.29, 0.717) is 19.2 Å². The number of halogens is 3. The predicted octanol–water partition coefficient (Wildman–Crippen LogP) is 2.43. The van der Waals surface area contributed by atoms with Crippen LogP contribution in [0.2, 0.25) is 10.0 Å². The van der Waals surface area contributed by atoms with Crippen LogP contribution in [0.3, 0.4) is 0 Å². The van der Waals surface area contributed by atoms with Gasteiger partial charge in [0.2, 0.25) is 0 Å². The SMILES string of the molecule is O=C(NC1COCC1C(=O)O)c1cc(Cl)cc(Cl)c1I. The fourth-order valence-electron chi connectivity index (χ4n) is 1.91. The molecule has 108 valence electrons. The summed E-state index contributed by atoms with van der Waals surface area (Å²) in [4.78, 5) is 23.2. The van der Waals surface area contributed by atoms with Gasteiger partial charge in [-0.25, -0.2) is 0 Å². The third-order valence-corrected chi connectivity index (χ3v) is 4.95. The topological polar surface area (TPSA) is 75.6 Å². The van der Waals surface area contributed by atoms with Gasteiger partial charge in [-0.05, 0) is 34.7 Å². The third-order valence-electron chi connectivity index (χ3n) is 2.95. The number of carbonyl (C=O) groups excluding carboxylic acids is 1. The molecule has 1 amide bonds. The molecule has 1 aromatic rings. The first kappa shape index (κ1) is 15.8. The maximum atomic E-state index is 12.2. The average molecular weight is 430 g/mol. The number of carboxylic acid groups (broad SMARTS) is 1. The lowest BCUT2D eigenvalue weighted by atomic mass is 10.0. The van der Waals surface area contributed by atoms with Gasteiger partial charge < -0.3 is 15.2 Å². The highest BCUT2D eigenvalue weighted by molar-refractivity contribution is 14.1. The normalized spacial score (nSPS) is 21.8. The Balaban J connectivity index is 2.18. The van der Waals surface area contributed by atoms with E-state index in [1.807, 2.05) is 22.6 Å². The molecule has 2 rings (SSSR count). The molecular weight excluding hydrogens is 420 g/mol. The Kier molecular flexibility index (Phi) is 5.11. The molecule has 2 atom stereocenters. The Hall–Kier alpha value is -0.570. The third kappa shape index (κ3) is 3.36. The molecule has 1 heterocycles. The fraction of sp³-hybridized carbons (Fsp3) is 0.333. The monoisotopic (exact) mass is 429 g/mol. The Labute approximate surface area is 138 Å². The van der Waals surface area contributed by atoms with E-state index in [-0.39, 0.29) is 13.2 Å². The van der Waals surface area contributed by atoms with Crippen molar-refractivity contribution in [1.82, 2.24) is 5.32 Å². The molecule has 2 N–H and O–H groups in total. The molecule has 20 heavy (non-hydrogen) atoms. The standard InChI is InChI=1S/C12H10Cl2INO4/c13-5-1-6(10(15)8(14)2-5)11(17)16-9-4-20-3-7(9)12(18)19/h1-2,7,9H,3-4H2,(H,16,17)(H,18,19). The van der Waals surface area contributed by atoms with Crippen LogP contribution < -0.4 is 5.32 Å². The zero-order chi connectivity index (χ0) is 14.9. The second-order valence-electron chi connectivity index (χ2n) is 4.31. The molecule has 5 nitrogen and oxygen atoms in total. The molecule has 2 unspecified atom stereocenters. The smallest absolute Gasteiger partial charge is 0.311 e. The van der Waals surface area contributed by atoms with Crippen molar-refractivity contribution in [3.8, 4) is 0 Å². The van der Waals surface area contributed by atoms with E-state index >= 15 is 0 Å². The number of hydrogen-bond donors (Lipinski definition) is 2. The van der Waals surface area contributed by atoms with E-state index in [0.717, 1.165) is 0 Å². The first-order valence-corrected chi connectivity index (χ1v) is 7.49. The van der Waals surface area contributed by atoms with Crippen LogP contribution in [0.25, 0.3) is 0 Å². The minimum Gasteiger partial charge on any atom is -0.481 e. The summed E-state index contributed by atoms with van der Waals surface area (Å²) in [5.74, 6) is -2.15. The van der Waals surface area contributed by atoms with E-state index in [2.05, 4.69) is 5.32 Å². The highest BCUT2D eigenvalue weighted by Gasteiger charge is 2.35. The summed E-state index contributed by atoms with van der Waals surface area (Å²) in [5.41, 5.74) is 0.319. The Morgan fingerprint density at radius 3 is 2.70 bits per heavy atom. The second kappa shape index (κ2) is 6.46. The van der Waals surface area contributed by atoms with Gasteiger partial charge in [0.05, 0.1) is 29.8 Å². The summed E-state index contributed by atoms with van der Waals surface area (Å²) in [6, 6.07) is 2.48. The van der Waals surface area contributed by atoms with E-state index < -0.39 is 23.8 Å². The van der Waals surface area contributed by atoms with Crippen LogP contribution in [0.1, 0.15) is 10.4 Å². The van der Waals surface area contributed by atoms with Gasteiger partial charge in [-0.2, -0.15) is 0 Å². The summed E-state index contributed by atoms with van der Waals surface area (Å²) in [7, 11) is 0. The van der Waals surface area contributed by atoms with Crippen LogP contribution >= 0.6 is 45.8 Å². The molecule has 8 heteroatoms. The van der Waals surface area contributed by atoms with Gasteiger partial charge in [-0.15, -0.1) is 0 Å². The summed E-state index contributed by atoms with van der Waals surface area (Å²) in [6.45, 7) is 0.265. The molecule has 0 radical (unpaired) electrons. The van der Waals surface area contributed by atoms with E-state index in [9.17, 15) is 9.59 Å². The fourth-order valence-corrected chi connectivity index (χ4v) is 2.96. The molecule has 0 spiro atoms. The lowest BCUT2D eigenvalue weighted by Gasteiger charge is -2.16. The molecule has 1 aliphatic heterocycles. The maximum absolute atomic E-state index is 12.2. The van der Waals surface area contributed by atoms with Gasteiger partial charge in [0.1, 0.15) is 5.92 Å². The van der Waals surface area contributed by atoms with Gasteiger partial charge in [0.15, 0.2) is 0 Å². The average Bonchev–Trinajstić information content (AvgIpc) is 2.81. The quantitative estimate of drug-likeness (QED) is 0.571. The number of carboxylic acids is 1. The minimum atomic E-state index is -0.994. The summed E-state index contributed by atoms with van der Waals surface area (Å²) < 4.78 is 5.66. The summed E-state index contributed by atoms with van der Waals surface area (Å²) >= 11 is 13.8. The predicted molar refractivity (Wildman–Crippen MR) is 82.4 cm³/mol. The van der Waals surface area contributed by atoms with Crippen molar-refractivity contribution in [2.24, 2.45) is 5.92 Å². The molecule has 0 aromatic heterocycles. The number of carbonyl (C=O) groups is 2. The van der Waals surface area contributed by atoms with Gasteiger partial charge in [0.25, 0.3) is 5.91 Å². The van der Waals surface area contributed by atoms with Gasteiger partial charge in [0, 0.05) is 8.59 Å². The first-order chi connectivity index (χ1) is 9.40. The van der Waals surface area contributed by atoms with Crippen LogP contribution in [0.15, 0.2) is 12.1 Å². The molecule has 1 fully saturated rings. The molecule has 0 aliphatic carbocycles. The van der Waals surface area contributed by atoms with Crippen molar-refractivity contribution >= 4 is 57.7 Å². The Morgan fingerprint density at radius 1 is 1.35 bits per heavy atom. The molecule has 1 aromatic carbocycles. The van der Waals surface area contributed by atoms with Gasteiger partial charge in [-0.1, -0.05) is 23.2 Å². The number of hydrogen-bond acceptors (Lipinski definition) is 3. The van der Waals surface area contributed by atoms with Crippen molar-refractivity contribution in [3.63, 3.8) is 0 Å². The van der Waals surface area contributed by atoms with Crippen LogP contribution in [0, 0.1) is 9.49 Å². The zero-order valence-electron chi connectivity index (χ0n) is 10.0. The minimum absolute atomic E-state index is 0.0909. The zero-order valence-corrected chi connectivity index (χ0v) is 13.7.